The largest absolute Gasteiger partial charge is 0.378 e. The lowest BCUT2D eigenvalue weighted by atomic mass is 10.1. The fraction of sp³-hybridized carbons (Fsp3) is 0.714. The number of rotatable bonds is 2. The van der Waals surface area contributed by atoms with Crippen molar-refractivity contribution in [2.45, 2.75) is 26.3 Å². The number of ether oxygens (including phenoxy) is 1. The van der Waals surface area contributed by atoms with E-state index in [0.29, 0.717) is 36.1 Å². The van der Waals surface area contributed by atoms with Gasteiger partial charge in [0.05, 0.1) is 24.9 Å². The summed E-state index contributed by atoms with van der Waals surface area (Å²) >= 11 is 0. The molecule has 0 spiro atoms. The van der Waals surface area contributed by atoms with Crippen molar-refractivity contribution in [3.05, 3.63) is 17.0 Å². The summed E-state index contributed by atoms with van der Waals surface area (Å²) in [7, 11) is 0. The lowest BCUT2D eigenvalue weighted by Crippen LogP contribution is -2.59. The molecule has 0 radical (unpaired) electrons. The Kier molecular flexibility index (Phi) is 3.76. The first-order chi connectivity index (χ1) is 9.70. The van der Waals surface area contributed by atoms with Crippen LogP contribution in [-0.4, -0.2) is 66.3 Å². The molecular formula is C14H21N3O3. The molecule has 1 aromatic heterocycles. The van der Waals surface area contributed by atoms with Gasteiger partial charge in [-0.3, -0.25) is 9.69 Å². The second-order valence-corrected chi connectivity index (χ2v) is 5.44. The molecule has 0 aliphatic carbocycles. The highest BCUT2D eigenvalue weighted by Gasteiger charge is 2.33. The van der Waals surface area contributed by atoms with E-state index >= 15 is 0 Å². The number of carbonyl (C=O) groups is 1. The van der Waals surface area contributed by atoms with Crippen LogP contribution in [0.1, 0.15) is 28.7 Å². The minimum absolute atomic E-state index is 0.0471. The molecule has 1 amide bonds. The van der Waals surface area contributed by atoms with Crippen molar-refractivity contribution in [2.24, 2.45) is 0 Å². The molecule has 6 nitrogen and oxygen atoms in total. The first-order valence-electron chi connectivity index (χ1n) is 7.27. The van der Waals surface area contributed by atoms with Crippen LogP contribution in [0, 0.1) is 6.92 Å². The van der Waals surface area contributed by atoms with E-state index in [1.807, 2.05) is 18.7 Å². The zero-order valence-electron chi connectivity index (χ0n) is 12.1. The number of carbonyl (C=O) groups excluding carboxylic acids is 1. The first kappa shape index (κ1) is 13.6. The fourth-order valence-corrected chi connectivity index (χ4v) is 3.02. The molecule has 1 unspecified atom stereocenters. The predicted octanol–water partition coefficient (Wildman–Crippen LogP) is 0.702. The Bertz CT molecular complexity index is 500. The number of morpholine rings is 1. The number of fused-ring (bicyclic) bond motifs is 1. The highest BCUT2D eigenvalue weighted by Crippen LogP contribution is 2.20. The zero-order valence-corrected chi connectivity index (χ0v) is 12.1. The summed E-state index contributed by atoms with van der Waals surface area (Å²) in [4.78, 5) is 17.0. The van der Waals surface area contributed by atoms with Crippen LogP contribution in [0.25, 0.3) is 0 Å². The molecule has 0 saturated carbocycles. The molecule has 2 aliphatic heterocycles. The predicted molar refractivity (Wildman–Crippen MR) is 72.7 cm³/mol. The molecule has 1 atom stereocenters. The summed E-state index contributed by atoms with van der Waals surface area (Å²) in [6, 6.07) is 0.326. The fourth-order valence-electron chi connectivity index (χ4n) is 3.02. The van der Waals surface area contributed by atoms with Crippen LogP contribution in [0.3, 0.4) is 0 Å². The molecule has 3 rings (SSSR count). The lowest BCUT2D eigenvalue weighted by molar-refractivity contribution is -0.0395. The average molecular weight is 279 g/mol. The Balaban J connectivity index is 1.76. The van der Waals surface area contributed by atoms with Crippen LogP contribution in [0.2, 0.25) is 0 Å². The molecule has 3 heterocycles. The van der Waals surface area contributed by atoms with Gasteiger partial charge in [0.15, 0.2) is 0 Å². The van der Waals surface area contributed by atoms with E-state index in [1.54, 1.807) is 0 Å². The monoisotopic (exact) mass is 279 g/mol. The van der Waals surface area contributed by atoms with E-state index in [4.69, 9.17) is 9.26 Å². The number of aryl methyl sites for hydroxylation is 2. The van der Waals surface area contributed by atoms with Crippen molar-refractivity contribution in [3.8, 4) is 0 Å². The first-order valence-corrected chi connectivity index (χ1v) is 7.27. The average Bonchev–Trinajstić information content (AvgIpc) is 2.87. The summed E-state index contributed by atoms with van der Waals surface area (Å²) in [5.74, 6) is 0.737. The van der Waals surface area contributed by atoms with Gasteiger partial charge in [-0.2, -0.15) is 0 Å². The van der Waals surface area contributed by atoms with Crippen LogP contribution in [0.4, 0.5) is 0 Å². The van der Waals surface area contributed by atoms with Gasteiger partial charge in [0.1, 0.15) is 11.3 Å². The molecule has 20 heavy (non-hydrogen) atoms. The van der Waals surface area contributed by atoms with Crippen molar-refractivity contribution in [3.63, 3.8) is 0 Å². The number of hydrogen-bond acceptors (Lipinski definition) is 5. The van der Waals surface area contributed by atoms with E-state index in [-0.39, 0.29) is 5.91 Å². The Morgan fingerprint density at radius 2 is 2.25 bits per heavy atom. The summed E-state index contributed by atoms with van der Waals surface area (Å²) < 4.78 is 10.7. The van der Waals surface area contributed by atoms with Gasteiger partial charge >= 0.3 is 0 Å². The maximum atomic E-state index is 12.7. The van der Waals surface area contributed by atoms with Gasteiger partial charge in [0.2, 0.25) is 0 Å². The molecule has 0 bridgehead atoms. The SMILES string of the molecule is CCc1onc(C)c1C(=O)N1CCN2CCOCC2C1. The molecule has 2 aliphatic rings. The molecule has 0 aromatic carbocycles. The maximum absolute atomic E-state index is 12.7. The number of nitrogens with zero attached hydrogens (tertiary/aromatic N) is 3. The third kappa shape index (κ3) is 2.33. The normalized spacial score (nSPS) is 23.7. The number of piperazine rings is 1. The molecular weight excluding hydrogens is 258 g/mol. The molecule has 1 aromatic rings. The van der Waals surface area contributed by atoms with Gasteiger partial charge in [-0.05, 0) is 6.92 Å². The van der Waals surface area contributed by atoms with Crippen molar-refractivity contribution in [1.29, 1.82) is 0 Å². The van der Waals surface area contributed by atoms with Gasteiger partial charge in [0.25, 0.3) is 5.91 Å². The van der Waals surface area contributed by atoms with Crippen molar-refractivity contribution in [1.82, 2.24) is 15.0 Å². The Morgan fingerprint density at radius 1 is 1.40 bits per heavy atom. The van der Waals surface area contributed by atoms with Crippen LogP contribution < -0.4 is 0 Å². The Labute approximate surface area is 118 Å². The van der Waals surface area contributed by atoms with E-state index in [2.05, 4.69) is 10.1 Å². The minimum atomic E-state index is 0.0471. The van der Waals surface area contributed by atoms with Crippen molar-refractivity contribution in [2.75, 3.05) is 39.4 Å². The smallest absolute Gasteiger partial charge is 0.259 e. The molecule has 2 fully saturated rings. The molecule has 2 saturated heterocycles. The third-order valence-corrected chi connectivity index (χ3v) is 4.19. The van der Waals surface area contributed by atoms with Gasteiger partial charge in [-0.1, -0.05) is 12.1 Å². The van der Waals surface area contributed by atoms with E-state index in [1.165, 1.54) is 0 Å². The third-order valence-electron chi connectivity index (χ3n) is 4.19. The minimum Gasteiger partial charge on any atom is -0.378 e. The highest BCUT2D eigenvalue weighted by molar-refractivity contribution is 5.96. The van der Waals surface area contributed by atoms with Crippen molar-refractivity contribution >= 4 is 5.91 Å². The van der Waals surface area contributed by atoms with Gasteiger partial charge in [-0.15, -0.1) is 0 Å². The summed E-state index contributed by atoms with van der Waals surface area (Å²) in [6.07, 6.45) is 0.689. The number of amides is 1. The molecule has 6 heteroatoms. The Hall–Kier alpha value is -1.40. The van der Waals surface area contributed by atoms with E-state index < -0.39 is 0 Å². The molecule has 110 valence electrons. The van der Waals surface area contributed by atoms with E-state index in [9.17, 15) is 4.79 Å². The summed E-state index contributed by atoms with van der Waals surface area (Å²) in [5.41, 5.74) is 1.34. The molecule has 0 N–H and O–H groups in total. The van der Waals surface area contributed by atoms with Crippen LogP contribution in [0.5, 0.6) is 0 Å². The van der Waals surface area contributed by atoms with Crippen LogP contribution in [-0.2, 0) is 11.2 Å². The quantitative estimate of drug-likeness (QED) is 0.797. The second kappa shape index (κ2) is 5.54. The summed E-state index contributed by atoms with van der Waals surface area (Å²) in [6.45, 7) is 8.71. The van der Waals surface area contributed by atoms with Crippen molar-refractivity contribution < 1.29 is 14.1 Å². The van der Waals surface area contributed by atoms with Gasteiger partial charge < -0.3 is 14.2 Å². The summed E-state index contributed by atoms with van der Waals surface area (Å²) in [5, 5.41) is 3.93. The number of hydrogen-bond donors (Lipinski definition) is 0. The highest BCUT2D eigenvalue weighted by atomic mass is 16.5. The Morgan fingerprint density at radius 3 is 3.05 bits per heavy atom. The van der Waals surface area contributed by atoms with Gasteiger partial charge in [0, 0.05) is 32.6 Å². The van der Waals surface area contributed by atoms with Crippen LogP contribution >= 0.6 is 0 Å². The van der Waals surface area contributed by atoms with Gasteiger partial charge in [-0.25, -0.2) is 0 Å². The van der Waals surface area contributed by atoms with E-state index in [0.717, 1.165) is 32.8 Å². The lowest BCUT2D eigenvalue weighted by Gasteiger charge is -2.43. The number of aromatic nitrogens is 1. The maximum Gasteiger partial charge on any atom is 0.259 e. The standard InChI is InChI=1S/C14H21N3O3/c1-3-12-13(10(2)15-20-12)14(18)17-5-4-16-6-7-19-9-11(16)8-17/h11H,3-9H2,1-2H3. The zero-order chi connectivity index (χ0) is 14.1. The second-order valence-electron chi connectivity index (χ2n) is 5.44. The topological polar surface area (TPSA) is 58.8 Å². The van der Waals surface area contributed by atoms with Crippen LogP contribution in [0.15, 0.2) is 4.52 Å².